The van der Waals surface area contributed by atoms with E-state index in [-0.39, 0.29) is 24.3 Å². The monoisotopic (exact) mass is 348 g/mol. The number of aryl methyl sites for hydroxylation is 1. The number of hydrogen-bond donors (Lipinski definition) is 3. The zero-order valence-electron chi connectivity index (χ0n) is 14.5. The zero-order chi connectivity index (χ0) is 18.3. The number of H-pyrrole nitrogens is 1. The van der Waals surface area contributed by atoms with Gasteiger partial charge in [-0.3, -0.25) is 4.79 Å². The minimum atomic E-state index is -0.213. The fourth-order valence-electron chi connectivity index (χ4n) is 3.68. The molecule has 5 nitrogen and oxygen atoms in total. The van der Waals surface area contributed by atoms with Crippen molar-refractivity contribution >= 4 is 21.8 Å². The number of nitrogens with one attached hydrogen (secondary N) is 1. The molecule has 2 aromatic carbocycles. The molecule has 0 aliphatic rings. The highest BCUT2D eigenvalue weighted by Crippen LogP contribution is 2.30. The van der Waals surface area contributed by atoms with Crippen molar-refractivity contribution in [2.24, 2.45) is 7.05 Å². The van der Waals surface area contributed by atoms with Crippen molar-refractivity contribution in [1.82, 2.24) is 9.55 Å². The Morgan fingerprint density at radius 2 is 1.69 bits per heavy atom. The van der Waals surface area contributed by atoms with E-state index in [0.717, 1.165) is 22.2 Å². The fourth-order valence-corrected chi connectivity index (χ4v) is 3.68. The first kappa shape index (κ1) is 16.4. The van der Waals surface area contributed by atoms with Gasteiger partial charge in [-0.2, -0.15) is 0 Å². The number of para-hydroxylation sites is 2. The summed E-state index contributed by atoms with van der Waals surface area (Å²) >= 11 is 0. The summed E-state index contributed by atoms with van der Waals surface area (Å²) in [6.07, 6.45) is 0.779. The van der Waals surface area contributed by atoms with Gasteiger partial charge in [0.2, 0.25) is 0 Å². The molecule has 0 spiro atoms. The number of benzene rings is 2. The Bertz CT molecular complexity index is 1170. The normalized spacial score (nSPS) is 11.5. The van der Waals surface area contributed by atoms with Gasteiger partial charge in [-0.05, 0) is 30.2 Å². The molecule has 0 amide bonds. The van der Waals surface area contributed by atoms with Crippen LogP contribution in [-0.4, -0.2) is 26.4 Å². The maximum absolute atomic E-state index is 12.8. The average Bonchev–Trinajstić information content (AvgIpc) is 3.01. The molecule has 2 heterocycles. The summed E-state index contributed by atoms with van der Waals surface area (Å²) in [5.41, 5.74) is 3.64. The Morgan fingerprint density at radius 1 is 1.00 bits per heavy atom. The molecule has 0 saturated carbocycles. The number of aliphatic hydroxyl groups excluding tert-OH is 1. The van der Waals surface area contributed by atoms with Gasteiger partial charge in [0.05, 0.1) is 11.1 Å². The lowest BCUT2D eigenvalue weighted by molar-refractivity contribution is 0.299. The number of nitrogens with zero attached hydrogens (tertiary/aromatic N) is 1. The lowest BCUT2D eigenvalue weighted by Gasteiger charge is -2.12. The molecule has 3 N–H and O–H groups in total. The molecule has 0 atom stereocenters. The van der Waals surface area contributed by atoms with Gasteiger partial charge in [-0.15, -0.1) is 0 Å². The van der Waals surface area contributed by atoms with Crippen molar-refractivity contribution in [2.45, 2.75) is 12.8 Å². The Kier molecular flexibility index (Phi) is 4.01. The van der Waals surface area contributed by atoms with Gasteiger partial charge in [0.25, 0.3) is 5.56 Å². The second-order valence-electron chi connectivity index (χ2n) is 6.49. The molecule has 0 radical (unpaired) electrons. The van der Waals surface area contributed by atoms with Crippen LogP contribution in [0.15, 0.2) is 53.3 Å². The Hall–Kier alpha value is -3.05. The Labute approximate surface area is 150 Å². The third-order valence-corrected chi connectivity index (χ3v) is 4.99. The number of aromatic amines is 1. The molecule has 0 aliphatic carbocycles. The van der Waals surface area contributed by atoms with Crippen LogP contribution in [-0.2, 0) is 19.9 Å². The quantitative estimate of drug-likeness (QED) is 0.531. The highest BCUT2D eigenvalue weighted by atomic mass is 16.3. The molecule has 0 aliphatic heterocycles. The summed E-state index contributed by atoms with van der Waals surface area (Å²) in [5.74, 6) is 0.0253. The molecule has 26 heavy (non-hydrogen) atoms. The van der Waals surface area contributed by atoms with Crippen LogP contribution in [0.25, 0.3) is 21.8 Å². The van der Waals surface area contributed by atoms with Crippen LogP contribution < -0.4 is 5.56 Å². The van der Waals surface area contributed by atoms with Crippen molar-refractivity contribution in [3.05, 3.63) is 75.7 Å². The second kappa shape index (κ2) is 6.35. The standard InChI is InChI=1S/C21H20N2O3/c1-23-19-9-5-3-7-15(19)20(25)16(21(23)26)12-18-14(10-11-24)13-6-2-4-8-17(13)22-18/h2-9,22,24-25H,10-12H2,1H3. The number of aromatic hydroxyl groups is 1. The van der Waals surface area contributed by atoms with Crippen molar-refractivity contribution in [3.8, 4) is 5.75 Å². The van der Waals surface area contributed by atoms with Crippen LogP contribution >= 0.6 is 0 Å². The second-order valence-corrected chi connectivity index (χ2v) is 6.49. The van der Waals surface area contributed by atoms with Gasteiger partial charge in [0.15, 0.2) is 0 Å². The predicted octanol–water partition coefficient (Wildman–Crippen LogP) is 2.85. The van der Waals surface area contributed by atoms with Gasteiger partial charge in [-0.1, -0.05) is 30.3 Å². The number of hydrogen-bond acceptors (Lipinski definition) is 3. The van der Waals surface area contributed by atoms with Crippen LogP contribution in [0.5, 0.6) is 5.75 Å². The van der Waals surface area contributed by atoms with E-state index in [1.807, 2.05) is 48.5 Å². The van der Waals surface area contributed by atoms with Crippen molar-refractivity contribution in [1.29, 1.82) is 0 Å². The highest BCUT2D eigenvalue weighted by molar-refractivity contribution is 5.87. The molecule has 0 bridgehead atoms. The zero-order valence-corrected chi connectivity index (χ0v) is 14.5. The first-order valence-corrected chi connectivity index (χ1v) is 8.60. The maximum atomic E-state index is 12.8. The lowest BCUT2D eigenvalue weighted by atomic mass is 10.0. The van der Waals surface area contributed by atoms with E-state index in [1.165, 1.54) is 0 Å². The molecule has 0 fully saturated rings. The SMILES string of the molecule is Cn1c(=O)c(Cc2[nH]c3ccccc3c2CCO)c(O)c2ccccc21. The van der Waals surface area contributed by atoms with E-state index in [1.54, 1.807) is 11.6 Å². The van der Waals surface area contributed by atoms with Crippen LogP contribution in [0, 0.1) is 0 Å². The van der Waals surface area contributed by atoms with E-state index < -0.39 is 0 Å². The van der Waals surface area contributed by atoms with E-state index >= 15 is 0 Å². The Morgan fingerprint density at radius 3 is 2.46 bits per heavy atom. The van der Waals surface area contributed by atoms with Gasteiger partial charge in [-0.25, -0.2) is 0 Å². The number of fused-ring (bicyclic) bond motifs is 2. The molecular weight excluding hydrogens is 328 g/mol. The van der Waals surface area contributed by atoms with Crippen LogP contribution in [0.1, 0.15) is 16.8 Å². The molecular formula is C21H20N2O3. The first-order valence-electron chi connectivity index (χ1n) is 8.60. The summed E-state index contributed by atoms with van der Waals surface area (Å²) in [4.78, 5) is 16.2. The molecule has 5 heteroatoms. The van der Waals surface area contributed by atoms with Gasteiger partial charge < -0.3 is 19.8 Å². The number of rotatable bonds is 4. The number of aromatic nitrogens is 2. The number of aliphatic hydroxyl groups is 1. The van der Waals surface area contributed by atoms with Gasteiger partial charge in [0, 0.05) is 42.1 Å². The van der Waals surface area contributed by atoms with Crippen LogP contribution in [0.2, 0.25) is 0 Å². The Balaban J connectivity index is 1.92. The first-order chi connectivity index (χ1) is 12.6. The van der Waals surface area contributed by atoms with Crippen LogP contribution in [0.3, 0.4) is 0 Å². The van der Waals surface area contributed by atoms with E-state index in [9.17, 15) is 15.0 Å². The molecule has 0 saturated heterocycles. The van der Waals surface area contributed by atoms with E-state index in [2.05, 4.69) is 4.98 Å². The van der Waals surface area contributed by atoms with Crippen molar-refractivity contribution in [2.75, 3.05) is 6.61 Å². The minimum absolute atomic E-state index is 0.0244. The topological polar surface area (TPSA) is 78.2 Å². The summed E-state index contributed by atoms with van der Waals surface area (Å²) in [7, 11) is 1.72. The molecule has 132 valence electrons. The van der Waals surface area contributed by atoms with Crippen molar-refractivity contribution in [3.63, 3.8) is 0 Å². The molecule has 0 unspecified atom stereocenters. The minimum Gasteiger partial charge on any atom is -0.507 e. The average molecular weight is 348 g/mol. The third kappa shape index (κ3) is 2.48. The van der Waals surface area contributed by atoms with Crippen LogP contribution in [0.4, 0.5) is 0 Å². The molecule has 4 aromatic rings. The van der Waals surface area contributed by atoms with E-state index in [4.69, 9.17) is 0 Å². The van der Waals surface area contributed by atoms with Crippen molar-refractivity contribution < 1.29 is 10.2 Å². The third-order valence-electron chi connectivity index (χ3n) is 4.99. The summed E-state index contributed by atoms with van der Waals surface area (Å²) in [6.45, 7) is 0.0244. The smallest absolute Gasteiger partial charge is 0.258 e. The summed E-state index contributed by atoms with van der Waals surface area (Å²) in [6, 6.07) is 15.2. The fraction of sp³-hybridized carbons (Fsp3) is 0.190. The predicted molar refractivity (Wildman–Crippen MR) is 103 cm³/mol. The maximum Gasteiger partial charge on any atom is 0.258 e. The highest BCUT2D eigenvalue weighted by Gasteiger charge is 2.18. The number of pyridine rings is 1. The summed E-state index contributed by atoms with van der Waals surface area (Å²) < 4.78 is 1.57. The van der Waals surface area contributed by atoms with E-state index in [0.29, 0.717) is 22.9 Å². The van der Waals surface area contributed by atoms with Gasteiger partial charge in [0.1, 0.15) is 5.75 Å². The van der Waals surface area contributed by atoms with Gasteiger partial charge >= 0.3 is 0 Å². The largest absolute Gasteiger partial charge is 0.507 e. The molecule has 2 aromatic heterocycles. The summed E-state index contributed by atoms with van der Waals surface area (Å²) in [5, 5.41) is 21.9. The lowest BCUT2D eigenvalue weighted by Crippen LogP contribution is -2.22. The molecule has 4 rings (SSSR count).